The van der Waals surface area contributed by atoms with E-state index in [2.05, 4.69) is 69.4 Å². The van der Waals surface area contributed by atoms with Crippen LogP contribution < -0.4 is 0 Å². The van der Waals surface area contributed by atoms with Crippen molar-refractivity contribution in [3.05, 3.63) is 89.7 Å². The number of pyridine rings is 1. The normalized spacial score (nSPS) is 11.3. The summed E-state index contributed by atoms with van der Waals surface area (Å²) in [6, 6.07) is 25.0. The molecule has 0 N–H and O–H groups in total. The molecule has 2 heterocycles. The van der Waals surface area contributed by atoms with Crippen LogP contribution in [-0.2, 0) is 0 Å². The van der Waals surface area contributed by atoms with E-state index in [1.54, 1.807) is 12.4 Å². The van der Waals surface area contributed by atoms with Gasteiger partial charge < -0.3 is 0 Å². The molecule has 0 saturated carbocycles. The molecule has 0 aliphatic rings. The molecule has 5 aromatic rings. The van der Waals surface area contributed by atoms with E-state index in [0.29, 0.717) is 0 Å². The minimum Gasteiger partial charge on any atom is -0.265 e. The largest absolute Gasteiger partial charge is 0.265 e. The molecule has 0 unspecified atom stereocenters. The van der Waals surface area contributed by atoms with Crippen molar-refractivity contribution < 1.29 is 0 Å². The molecule has 0 aliphatic heterocycles. The molecule has 0 atom stereocenters. The van der Waals surface area contributed by atoms with Gasteiger partial charge in [0.1, 0.15) is 5.69 Å². The molecule has 0 radical (unpaired) electrons. The summed E-state index contributed by atoms with van der Waals surface area (Å²) >= 11 is 3.58. The summed E-state index contributed by atoms with van der Waals surface area (Å²) in [7, 11) is 0. The van der Waals surface area contributed by atoms with E-state index in [-0.39, 0.29) is 0 Å². The average molecular weight is 400 g/mol. The van der Waals surface area contributed by atoms with Crippen LogP contribution in [0.25, 0.3) is 38.6 Å². The van der Waals surface area contributed by atoms with Crippen molar-refractivity contribution in [2.75, 3.05) is 0 Å². The molecule has 3 nitrogen and oxygen atoms in total. The predicted octanol–water partition coefficient (Wildman–Crippen LogP) is 6.00. The van der Waals surface area contributed by atoms with Gasteiger partial charge >= 0.3 is 0 Å². The van der Waals surface area contributed by atoms with E-state index >= 15 is 0 Å². The van der Waals surface area contributed by atoms with Gasteiger partial charge in [0.05, 0.1) is 11.2 Å². The van der Waals surface area contributed by atoms with Crippen molar-refractivity contribution in [1.82, 2.24) is 14.8 Å². The lowest BCUT2D eigenvalue weighted by Gasteiger charge is -2.04. The lowest BCUT2D eigenvalue weighted by molar-refractivity contribution is 0.911. The van der Waals surface area contributed by atoms with Crippen molar-refractivity contribution in [1.29, 1.82) is 0 Å². The van der Waals surface area contributed by atoms with Crippen LogP contribution >= 0.6 is 15.9 Å². The molecule has 0 fully saturated rings. The first-order valence-electron chi connectivity index (χ1n) is 8.38. The third-order valence-corrected chi connectivity index (χ3v) is 5.07. The van der Waals surface area contributed by atoms with Crippen molar-refractivity contribution in [3.63, 3.8) is 0 Å². The number of nitrogens with zero attached hydrogens (tertiary/aromatic N) is 3. The maximum Gasteiger partial charge on any atom is 0.101 e. The van der Waals surface area contributed by atoms with Crippen LogP contribution in [0, 0.1) is 0 Å². The molecule has 26 heavy (non-hydrogen) atoms. The van der Waals surface area contributed by atoms with E-state index in [0.717, 1.165) is 32.3 Å². The quantitative estimate of drug-likeness (QED) is 0.364. The number of hydrogen-bond donors (Lipinski definition) is 0. The highest BCUT2D eigenvalue weighted by molar-refractivity contribution is 9.10. The summed E-state index contributed by atoms with van der Waals surface area (Å²) in [6.07, 6.45) is 3.59. The topological polar surface area (TPSA) is 30.7 Å². The van der Waals surface area contributed by atoms with Crippen LogP contribution in [0.15, 0.2) is 89.7 Å². The summed E-state index contributed by atoms with van der Waals surface area (Å²) in [6.45, 7) is 0. The fourth-order valence-electron chi connectivity index (χ4n) is 3.41. The molecule has 3 aromatic carbocycles. The first-order valence-corrected chi connectivity index (χ1v) is 9.17. The molecule has 5 rings (SSSR count). The lowest BCUT2D eigenvalue weighted by atomic mass is 10.0. The minimum absolute atomic E-state index is 0.981. The Kier molecular flexibility index (Phi) is 3.57. The zero-order valence-electron chi connectivity index (χ0n) is 13.8. The zero-order chi connectivity index (χ0) is 17.5. The average Bonchev–Trinajstić information content (AvgIpc) is 3.09. The first-order chi connectivity index (χ1) is 12.8. The standard InChI is InChI=1S/C22H14BrN3/c23-17-6-3-5-16(14-17)22-21-19-7-2-1-4-15(19)8-9-20(21)26(25-22)18-10-12-24-13-11-18/h1-14H. The molecular formula is C22H14BrN3. The maximum atomic E-state index is 4.99. The molecule has 0 spiro atoms. The summed E-state index contributed by atoms with van der Waals surface area (Å²) in [5.74, 6) is 0. The third kappa shape index (κ3) is 2.42. The number of hydrogen-bond acceptors (Lipinski definition) is 2. The Morgan fingerprint density at radius 3 is 2.50 bits per heavy atom. The second-order valence-corrected chi connectivity index (χ2v) is 7.07. The maximum absolute atomic E-state index is 4.99. The highest BCUT2D eigenvalue weighted by Crippen LogP contribution is 2.35. The summed E-state index contributed by atoms with van der Waals surface area (Å²) in [4.78, 5) is 4.13. The minimum atomic E-state index is 0.981. The van der Waals surface area contributed by atoms with Crippen LogP contribution in [0.5, 0.6) is 0 Å². The van der Waals surface area contributed by atoms with E-state index in [4.69, 9.17) is 5.10 Å². The van der Waals surface area contributed by atoms with E-state index in [9.17, 15) is 0 Å². The Balaban J connectivity index is 1.93. The van der Waals surface area contributed by atoms with Crippen LogP contribution in [0.2, 0.25) is 0 Å². The Morgan fingerprint density at radius 2 is 1.65 bits per heavy atom. The Bertz CT molecular complexity index is 1240. The van der Waals surface area contributed by atoms with Gasteiger partial charge in [0.25, 0.3) is 0 Å². The molecule has 0 bridgehead atoms. The molecule has 2 aromatic heterocycles. The van der Waals surface area contributed by atoms with E-state index < -0.39 is 0 Å². The Labute approximate surface area is 159 Å². The van der Waals surface area contributed by atoms with Crippen molar-refractivity contribution >= 4 is 37.6 Å². The van der Waals surface area contributed by atoms with Crippen molar-refractivity contribution in [2.24, 2.45) is 0 Å². The lowest BCUT2D eigenvalue weighted by Crippen LogP contribution is -1.96. The van der Waals surface area contributed by atoms with Gasteiger partial charge in [0, 0.05) is 27.8 Å². The van der Waals surface area contributed by atoms with Crippen LogP contribution in [-0.4, -0.2) is 14.8 Å². The van der Waals surface area contributed by atoms with Gasteiger partial charge in [0.15, 0.2) is 0 Å². The van der Waals surface area contributed by atoms with Crippen molar-refractivity contribution in [2.45, 2.75) is 0 Å². The number of benzene rings is 3. The predicted molar refractivity (Wildman–Crippen MR) is 110 cm³/mol. The van der Waals surface area contributed by atoms with E-state index in [1.165, 1.54) is 10.8 Å². The molecular weight excluding hydrogens is 386 g/mol. The molecule has 0 aliphatic carbocycles. The summed E-state index contributed by atoms with van der Waals surface area (Å²) in [5.41, 5.74) is 4.16. The van der Waals surface area contributed by atoms with Gasteiger partial charge in [-0.15, -0.1) is 0 Å². The Hall–Kier alpha value is -2.98. The van der Waals surface area contributed by atoms with Gasteiger partial charge in [-0.3, -0.25) is 4.98 Å². The second kappa shape index (κ2) is 6.07. The molecule has 0 amide bonds. The highest BCUT2D eigenvalue weighted by Gasteiger charge is 2.16. The van der Waals surface area contributed by atoms with Crippen molar-refractivity contribution in [3.8, 4) is 16.9 Å². The molecule has 0 saturated heterocycles. The fourth-order valence-corrected chi connectivity index (χ4v) is 3.81. The van der Waals surface area contributed by atoms with Crippen LogP contribution in [0.1, 0.15) is 0 Å². The summed E-state index contributed by atoms with van der Waals surface area (Å²) in [5, 5.41) is 8.58. The second-order valence-electron chi connectivity index (χ2n) is 6.16. The number of halogens is 1. The van der Waals surface area contributed by atoms with Gasteiger partial charge in [-0.25, -0.2) is 4.68 Å². The van der Waals surface area contributed by atoms with Gasteiger partial charge in [-0.05, 0) is 41.1 Å². The Morgan fingerprint density at radius 1 is 0.808 bits per heavy atom. The van der Waals surface area contributed by atoms with Gasteiger partial charge in [-0.1, -0.05) is 58.4 Å². The number of aromatic nitrogens is 3. The molecule has 4 heteroatoms. The van der Waals surface area contributed by atoms with Gasteiger partial charge in [0.2, 0.25) is 0 Å². The highest BCUT2D eigenvalue weighted by atomic mass is 79.9. The van der Waals surface area contributed by atoms with Gasteiger partial charge in [-0.2, -0.15) is 5.10 Å². The zero-order valence-corrected chi connectivity index (χ0v) is 15.4. The third-order valence-electron chi connectivity index (χ3n) is 4.58. The van der Waals surface area contributed by atoms with E-state index in [1.807, 2.05) is 28.9 Å². The first kappa shape index (κ1) is 15.3. The van der Waals surface area contributed by atoms with Crippen LogP contribution in [0.4, 0.5) is 0 Å². The van der Waals surface area contributed by atoms with Crippen LogP contribution in [0.3, 0.4) is 0 Å². The fraction of sp³-hybridized carbons (Fsp3) is 0. The summed E-state index contributed by atoms with van der Waals surface area (Å²) < 4.78 is 3.04. The number of fused-ring (bicyclic) bond motifs is 3. The molecule has 124 valence electrons. The SMILES string of the molecule is Brc1cccc(-c2nn(-c3ccncc3)c3ccc4ccccc4c23)c1. The number of rotatable bonds is 2. The monoisotopic (exact) mass is 399 g/mol. The smallest absolute Gasteiger partial charge is 0.101 e.